The lowest BCUT2D eigenvalue weighted by molar-refractivity contribution is 0.101. The highest BCUT2D eigenvalue weighted by Gasteiger charge is 2.16. The Morgan fingerprint density at radius 3 is 2.71 bits per heavy atom. The van der Waals surface area contributed by atoms with Gasteiger partial charge in [-0.25, -0.2) is 4.39 Å². The first-order chi connectivity index (χ1) is 6.60. The van der Waals surface area contributed by atoms with Gasteiger partial charge < -0.3 is 0 Å². The van der Waals surface area contributed by atoms with Gasteiger partial charge in [0.05, 0.1) is 16.5 Å². The van der Waals surface area contributed by atoms with Gasteiger partial charge in [-0.1, -0.05) is 31.9 Å². The second-order valence-corrected chi connectivity index (χ2v) is 3.96. The van der Waals surface area contributed by atoms with E-state index in [4.69, 9.17) is 5.26 Å². The number of nitriles is 1. The van der Waals surface area contributed by atoms with Crippen LogP contribution in [0.1, 0.15) is 15.9 Å². The number of Topliss-reactive ketones (excluding diaryl/α,β-unsaturated/α-hetero) is 1. The highest BCUT2D eigenvalue weighted by Crippen LogP contribution is 2.20. The van der Waals surface area contributed by atoms with E-state index in [2.05, 4.69) is 31.9 Å². The number of hydrogen-bond acceptors (Lipinski definition) is 2. The lowest BCUT2D eigenvalue weighted by atomic mass is 10.1. The maximum atomic E-state index is 13.3. The van der Waals surface area contributed by atoms with E-state index in [1.807, 2.05) is 0 Å². The molecule has 0 atom stereocenters. The van der Waals surface area contributed by atoms with Crippen molar-refractivity contribution in [3.8, 4) is 6.07 Å². The summed E-state index contributed by atoms with van der Waals surface area (Å²) >= 11 is 5.98. The third-order valence-electron chi connectivity index (χ3n) is 1.58. The quantitative estimate of drug-likeness (QED) is 0.621. The highest BCUT2D eigenvalue weighted by atomic mass is 79.9. The highest BCUT2D eigenvalue weighted by molar-refractivity contribution is 9.10. The van der Waals surface area contributed by atoms with E-state index in [9.17, 15) is 9.18 Å². The molecule has 1 rings (SSSR count). The molecule has 0 amide bonds. The van der Waals surface area contributed by atoms with Gasteiger partial charge in [0.1, 0.15) is 11.9 Å². The van der Waals surface area contributed by atoms with E-state index in [0.717, 1.165) is 6.07 Å². The molecule has 0 heterocycles. The number of nitrogens with zero attached hydrogens (tertiary/aromatic N) is 1. The Hall–Kier alpha value is -0.730. The van der Waals surface area contributed by atoms with Crippen molar-refractivity contribution in [3.05, 3.63) is 33.5 Å². The Kier molecular flexibility index (Phi) is 3.78. The first-order valence-corrected chi connectivity index (χ1v) is 5.50. The topological polar surface area (TPSA) is 40.9 Å². The number of benzene rings is 1. The largest absolute Gasteiger partial charge is 0.293 e. The van der Waals surface area contributed by atoms with Crippen molar-refractivity contribution in [2.45, 2.75) is 0 Å². The van der Waals surface area contributed by atoms with Crippen LogP contribution >= 0.6 is 31.9 Å². The molecule has 2 nitrogen and oxygen atoms in total. The number of hydrogen-bond donors (Lipinski definition) is 0. The third-order valence-corrected chi connectivity index (χ3v) is 2.54. The third kappa shape index (κ3) is 2.20. The molecule has 0 aromatic heterocycles. The summed E-state index contributed by atoms with van der Waals surface area (Å²) in [4.78, 5) is 11.3. The van der Waals surface area contributed by atoms with Crippen molar-refractivity contribution >= 4 is 37.6 Å². The summed E-state index contributed by atoms with van der Waals surface area (Å²) < 4.78 is 13.8. The zero-order valence-electron chi connectivity index (χ0n) is 6.85. The summed E-state index contributed by atoms with van der Waals surface area (Å²) in [6, 6.07) is 4.36. The first kappa shape index (κ1) is 11.3. The predicted octanol–water partition coefficient (Wildman–Crippen LogP) is 3.04. The molecule has 1 aromatic carbocycles. The van der Waals surface area contributed by atoms with Crippen LogP contribution in [0.2, 0.25) is 0 Å². The van der Waals surface area contributed by atoms with Crippen LogP contribution in [0, 0.1) is 17.1 Å². The normalized spacial score (nSPS) is 9.57. The summed E-state index contributed by atoms with van der Waals surface area (Å²) in [5.41, 5.74) is -0.117. The standard InChI is InChI=1S/C9H4Br2FNO/c10-3-8(14)9-5(4-13)1-6(11)2-7(9)12/h1-2H,3H2. The molecule has 0 aliphatic heterocycles. The van der Waals surface area contributed by atoms with Gasteiger partial charge in [-0.3, -0.25) is 4.79 Å². The van der Waals surface area contributed by atoms with Gasteiger partial charge in [0, 0.05) is 4.47 Å². The van der Waals surface area contributed by atoms with Gasteiger partial charge in [0.15, 0.2) is 5.78 Å². The van der Waals surface area contributed by atoms with Gasteiger partial charge in [0.2, 0.25) is 0 Å². The summed E-state index contributed by atoms with van der Waals surface area (Å²) in [5, 5.41) is 8.71. The van der Waals surface area contributed by atoms with E-state index >= 15 is 0 Å². The Bertz CT molecular complexity index is 426. The molecule has 0 fully saturated rings. The molecule has 0 aliphatic carbocycles. The fraction of sp³-hybridized carbons (Fsp3) is 0.111. The van der Waals surface area contributed by atoms with Gasteiger partial charge in [0.25, 0.3) is 0 Å². The minimum absolute atomic E-state index is 0.000231. The average Bonchev–Trinajstić information content (AvgIpc) is 2.15. The Morgan fingerprint density at radius 2 is 2.21 bits per heavy atom. The van der Waals surface area contributed by atoms with Crippen LogP contribution in [-0.2, 0) is 0 Å². The van der Waals surface area contributed by atoms with Crippen LogP contribution in [0.3, 0.4) is 0 Å². The zero-order valence-corrected chi connectivity index (χ0v) is 10.0. The second-order valence-electron chi connectivity index (χ2n) is 2.48. The number of halogens is 3. The Morgan fingerprint density at radius 1 is 1.57 bits per heavy atom. The molecule has 0 radical (unpaired) electrons. The van der Waals surface area contributed by atoms with E-state index in [1.54, 1.807) is 6.07 Å². The van der Waals surface area contributed by atoms with Crippen molar-refractivity contribution < 1.29 is 9.18 Å². The average molecular weight is 321 g/mol. The molecular weight excluding hydrogens is 317 g/mol. The van der Waals surface area contributed by atoms with Crippen molar-refractivity contribution in [2.24, 2.45) is 0 Å². The van der Waals surface area contributed by atoms with Crippen molar-refractivity contribution in [1.29, 1.82) is 5.26 Å². The molecule has 0 unspecified atom stereocenters. The van der Waals surface area contributed by atoms with Crippen molar-refractivity contribution in [2.75, 3.05) is 5.33 Å². The van der Waals surface area contributed by atoms with E-state index in [0.29, 0.717) is 4.47 Å². The first-order valence-electron chi connectivity index (χ1n) is 3.58. The fourth-order valence-electron chi connectivity index (χ4n) is 1.01. The number of alkyl halides is 1. The molecule has 0 aliphatic rings. The second kappa shape index (κ2) is 4.67. The van der Waals surface area contributed by atoms with Crippen LogP contribution in [0.25, 0.3) is 0 Å². The SMILES string of the molecule is N#Cc1cc(Br)cc(F)c1C(=O)CBr. The number of carbonyl (C=O) groups excluding carboxylic acids is 1. The lowest BCUT2D eigenvalue weighted by Crippen LogP contribution is -2.06. The number of carbonyl (C=O) groups is 1. The molecule has 1 aromatic rings. The summed E-state index contributed by atoms with van der Waals surface area (Å²) in [7, 11) is 0. The summed E-state index contributed by atoms with van der Waals surface area (Å²) in [6.07, 6.45) is 0. The van der Waals surface area contributed by atoms with Crippen LogP contribution in [0.5, 0.6) is 0 Å². The minimum atomic E-state index is -0.680. The molecule has 0 saturated heterocycles. The van der Waals surface area contributed by atoms with Gasteiger partial charge in [-0.05, 0) is 12.1 Å². The maximum absolute atomic E-state index is 13.3. The molecule has 14 heavy (non-hydrogen) atoms. The van der Waals surface area contributed by atoms with Crippen LogP contribution in [-0.4, -0.2) is 11.1 Å². The fourth-order valence-corrected chi connectivity index (χ4v) is 1.72. The smallest absolute Gasteiger partial charge is 0.177 e. The monoisotopic (exact) mass is 319 g/mol. The number of ketones is 1. The minimum Gasteiger partial charge on any atom is -0.293 e. The Labute approximate surface area is 97.0 Å². The zero-order chi connectivity index (χ0) is 10.7. The van der Waals surface area contributed by atoms with Gasteiger partial charge in [-0.2, -0.15) is 5.26 Å². The lowest BCUT2D eigenvalue weighted by Gasteiger charge is -2.02. The Balaban J connectivity index is 3.42. The molecule has 72 valence electrons. The van der Waals surface area contributed by atoms with Crippen molar-refractivity contribution in [1.82, 2.24) is 0 Å². The maximum Gasteiger partial charge on any atom is 0.177 e. The van der Waals surface area contributed by atoms with E-state index in [-0.39, 0.29) is 16.5 Å². The molecule has 0 N–H and O–H groups in total. The molecule has 0 spiro atoms. The predicted molar refractivity (Wildman–Crippen MR) is 56.9 cm³/mol. The molecule has 5 heteroatoms. The van der Waals surface area contributed by atoms with E-state index < -0.39 is 11.6 Å². The summed E-state index contributed by atoms with van der Waals surface area (Å²) in [5.74, 6) is -1.12. The number of rotatable bonds is 2. The van der Waals surface area contributed by atoms with Crippen LogP contribution in [0.4, 0.5) is 4.39 Å². The van der Waals surface area contributed by atoms with Crippen LogP contribution in [0.15, 0.2) is 16.6 Å². The molecular formula is C9H4Br2FNO. The summed E-state index contributed by atoms with van der Waals surface area (Å²) in [6.45, 7) is 0. The van der Waals surface area contributed by atoms with Crippen LogP contribution < -0.4 is 0 Å². The van der Waals surface area contributed by atoms with Gasteiger partial charge >= 0.3 is 0 Å². The molecule has 0 saturated carbocycles. The van der Waals surface area contributed by atoms with E-state index in [1.165, 1.54) is 6.07 Å². The van der Waals surface area contributed by atoms with Crippen molar-refractivity contribution in [3.63, 3.8) is 0 Å². The van der Waals surface area contributed by atoms with Gasteiger partial charge in [-0.15, -0.1) is 0 Å². The molecule has 0 bridgehead atoms.